The van der Waals surface area contributed by atoms with Crippen LogP contribution in [0.1, 0.15) is 29.4 Å². The summed E-state index contributed by atoms with van der Waals surface area (Å²) in [7, 11) is 0. The van der Waals surface area contributed by atoms with Crippen molar-refractivity contribution in [2.45, 2.75) is 18.3 Å². The van der Waals surface area contributed by atoms with E-state index >= 15 is 0 Å². The molecule has 1 heterocycles. The van der Waals surface area contributed by atoms with E-state index in [0.717, 1.165) is 29.5 Å². The summed E-state index contributed by atoms with van der Waals surface area (Å²) in [5.41, 5.74) is 1.63. The molecule has 4 heteroatoms. The molecule has 110 valence electrons. The summed E-state index contributed by atoms with van der Waals surface area (Å²) in [5.74, 6) is -0.290. The van der Waals surface area contributed by atoms with Gasteiger partial charge in [0, 0.05) is 16.9 Å². The van der Waals surface area contributed by atoms with Crippen molar-refractivity contribution in [1.82, 2.24) is 5.32 Å². The zero-order valence-corrected chi connectivity index (χ0v) is 13.0. The molecule has 1 fully saturated rings. The number of piperidine rings is 1. The van der Waals surface area contributed by atoms with Gasteiger partial charge in [-0.3, -0.25) is 0 Å². The zero-order chi connectivity index (χ0) is 14.8. The van der Waals surface area contributed by atoms with Crippen LogP contribution in [0.3, 0.4) is 0 Å². The summed E-state index contributed by atoms with van der Waals surface area (Å²) in [6.07, 6.45) is 0.842. The van der Waals surface area contributed by atoms with Gasteiger partial charge < -0.3 is 5.32 Å². The summed E-state index contributed by atoms with van der Waals surface area (Å²) < 4.78 is 28.6. The largest absolute Gasteiger partial charge is 0.316 e. The molecule has 3 rings (SSSR count). The van der Waals surface area contributed by atoms with Crippen LogP contribution in [0.25, 0.3) is 0 Å². The molecule has 2 aromatic rings. The number of hydrogen-bond donors (Lipinski definition) is 1. The van der Waals surface area contributed by atoms with Crippen molar-refractivity contribution >= 4 is 15.9 Å². The summed E-state index contributed by atoms with van der Waals surface area (Å²) >= 11 is 3.41. The Morgan fingerprint density at radius 2 is 1.90 bits per heavy atom. The molecular weight excluding hydrogens is 336 g/mol. The highest BCUT2D eigenvalue weighted by molar-refractivity contribution is 9.10. The van der Waals surface area contributed by atoms with E-state index in [1.165, 1.54) is 12.1 Å². The molecule has 0 amide bonds. The Bertz CT molecular complexity index is 644. The van der Waals surface area contributed by atoms with Gasteiger partial charge in [-0.15, -0.1) is 0 Å². The lowest BCUT2D eigenvalue weighted by molar-refractivity contribution is 0.392. The van der Waals surface area contributed by atoms with Gasteiger partial charge >= 0.3 is 0 Å². The van der Waals surface area contributed by atoms with Gasteiger partial charge in [0.25, 0.3) is 0 Å². The summed E-state index contributed by atoms with van der Waals surface area (Å²) in [6, 6.07) is 11.7. The Morgan fingerprint density at radius 1 is 1.05 bits per heavy atom. The minimum Gasteiger partial charge on any atom is -0.316 e. The fourth-order valence-electron chi connectivity index (χ4n) is 3.12. The Morgan fingerprint density at radius 3 is 2.71 bits per heavy atom. The van der Waals surface area contributed by atoms with E-state index < -0.39 is 0 Å². The third kappa shape index (κ3) is 3.16. The van der Waals surface area contributed by atoms with Crippen LogP contribution in [-0.4, -0.2) is 13.1 Å². The van der Waals surface area contributed by atoms with Gasteiger partial charge in [0.1, 0.15) is 11.6 Å². The molecule has 1 aliphatic rings. The quantitative estimate of drug-likeness (QED) is 0.834. The van der Waals surface area contributed by atoms with Crippen molar-refractivity contribution in [1.29, 1.82) is 0 Å². The van der Waals surface area contributed by atoms with Crippen molar-refractivity contribution in [3.63, 3.8) is 0 Å². The lowest BCUT2D eigenvalue weighted by Gasteiger charge is -2.33. The van der Waals surface area contributed by atoms with Gasteiger partial charge in [0.05, 0.1) is 0 Å². The molecule has 1 nitrogen and oxygen atoms in total. The molecule has 2 atom stereocenters. The maximum absolute atomic E-state index is 14.2. The normalized spacial score (nSPS) is 22.2. The lowest BCUT2D eigenvalue weighted by Crippen LogP contribution is -2.34. The van der Waals surface area contributed by atoms with E-state index in [9.17, 15) is 8.78 Å². The smallest absolute Gasteiger partial charge is 0.126 e. The van der Waals surface area contributed by atoms with Crippen molar-refractivity contribution in [2.75, 3.05) is 13.1 Å². The maximum atomic E-state index is 14.2. The number of nitrogens with one attached hydrogen (secondary N) is 1. The SMILES string of the molecule is Fc1cccc(C2CNCCC2c2cc(Br)ccc2F)c1. The fourth-order valence-corrected chi connectivity index (χ4v) is 3.50. The Labute approximate surface area is 131 Å². The molecule has 0 aromatic heterocycles. The molecule has 0 aliphatic carbocycles. The second-order valence-corrected chi connectivity index (χ2v) is 6.34. The zero-order valence-electron chi connectivity index (χ0n) is 11.5. The number of rotatable bonds is 2. The van der Waals surface area contributed by atoms with Gasteiger partial charge in [-0.2, -0.15) is 0 Å². The average Bonchev–Trinajstić information content (AvgIpc) is 2.50. The first-order valence-electron chi connectivity index (χ1n) is 7.06. The molecule has 0 spiro atoms. The van der Waals surface area contributed by atoms with Crippen LogP contribution in [-0.2, 0) is 0 Å². The summed E-state index contributed by atoms with van der Waals surface area (Å²) in [4.78, 5) is 0. The molecule has 0 bridgehead atoms. The van der Waals surface area contributed by atoms with Gasteiger partial charge in [-0.05, 0) is 60.3 Å². The first-order valence-corrected chi connectivity index (χ1v) is 7.85. The second-order valence-electron chi connectivity index (χ2n) is 5.43. The molecule has 21 heavy (non-hydrogen) atoms. The maximum Gasteiger partial charge on any atom is 0.126 e. The van der Waals surface area contributed by atoms with Crippen LogP contribution >= 0.6 is 15.9 Å². The topological polar surface area (TPSA) is 12.0 Å². The third-order valence-corrected chi connectivity index (χ3v) is 4.61. The van der Waals surface area contributed by atoms with Crippen LogP contribution in [0.15, 0.2) is 46.9 Å². The van der Waals surface area contributed by atoms with Crippen molar-refractivity contribution in [2.24, 2.45) is 0 Å². The summed E-state index contributed by atoms with van der Waals surface area (Å²) in [6.45, 7) is 1.59. The molecule has 1 N–H and O–H groups in total. The van der Waals surface area contributed by atoms with Crippen LogP contribution in [0.5, 0.6) is 0 Å². The van der Waals surface area contributed by atoms with E-state index in [4.69, 9.17) is 0 Å². The predicted molar refractivity (Wildman–Crippen MR) is 83.5 cm³/mol. The lowest BCUT2D eigenvalue weighted by atomic mass is 9.77. The van der Waals surface area contributed by atoms with Crippen molar-refractivity contribution < 1.29 is 8.78 Å². The highest BCUT2D eigenvalue weighted by Crippen LogP contribution is 2.39. The Kier molecular flexibility index (Phi) is 4.36. The molecule has 1 aliphatic heterocycles. The monoisotopic (exact) mass is 351 g/mol. The highest BCUT2D eigenvalue weighted by Gasteiger charge is 2.29. The van der Waals surface area contributed by atoms with Crippen LogP contribution in [0.2, 0.25) is 0 Å². The highest BCUT2D eigenvalue weighted by atomic mass is 79.9. The van der Waals surface area contributed by atoms with Crippen LogP contribution < -0.4 is 5.32 Å². The Balaban J connectivity index is 2.00. The molecule has 1 saturated heterocycles. The second kappa shape index (κ2) is 6.24. The van der Waals surface area contributed by atoms with Gasteiger partial charge in [0.2, 0.25) is 0 Å². The number of halogens is 3. The fraction of sp³-hybridized carbons (Fsp3) is 0.294. The van der Waals surface area contributed by atoms with E-state index in [1.807, 2.05) is 12.1 Å². The Hall–Kier alpha value is -1.26. The van der Waals surface area contributed by atoms with Crippen LogP contribution in [0.4, 0.5) is 8.78 Å². The minimum absolute atomic E-state index is 0.0607. The van der Waals surface area contributed by atoms with E-state index in [-0.39, 0.29) is 23.5 Å². The molecule has 0 saturated carbocycles. The van der Waals surface area contributed by atoms with E-state index in [0.29, 0.717) is 5.56 Å². The van der Waals surface area contributed by atoms with Gasteiger partial charge in [-0.1, -0.05) is 28.1 Å². The molecule has 2 unspecified atom stereocenters. The minimum atomic E-state index is -0.244. The molecule has 0 radical (unpaired) electrons. The van der Waals surface area contributed by atoms with Crippen molar-refractivity contribution in [3.8, 4) is 0 Å². The predicted octanol–water partition coefficient (Wildman–Crippen LogP) is 4.59. The standard InChI is InChI=1S/C17H16BrF2N/c18-12-4-5-17(20)15(9-12)14-6-7-21-10-16(14)11-2-1-3-13(19)8-11/h1-5,8-9,14,16,21H,6-7,10H2. The third-order valence-electron chi connectivity index (χ3n) is 4.12. The molecular formula is C17H16BrF2N. The van der Waals surface area contributed by atoms with E-state index in [2.05, 4.69) is 21.2 Å². The number of benzene rings is 2. The average molecular weight is 352 g/mol. The van der Waals surface area contributed by atoms with Crippen LogP contribution in [0, 0.1) is 11.6 Å². The summed E-state index contributed by atoms with van der Waals surface area (Å²) in [5, 5.41) is 3.33. The number of hydrogen-bond acceptors (Lipinski definition) is 1. The first-order chi connectivity index (χ1) is 10.1. The van der Waals surface area contributed by atoms with Gasteiger partial charge in [-0.25, -0.2) is 8.78 Å². The van der Waals surface area contributed by atoms with Crippen molar-refractivity contribution in [3.05, 3.63) is 69.7 Å². The van der Waals surface area contributed by atoms with Gasteiger partial charge in [0.15, 0.2) is 0 Å². The first kappa shape index (κ1) is 14.7. The molecule has 2 aromatic carbocycles. The van der Waals surface area contributed by atoms with E-state index in [1.54, 1.807) is 18.2 Å².